The zero-order chi connectivity index (χ0) is 12.8. The number of nitrogens with one attached hydrogen (secondary N) is 2. The first-order valence-electron chi connectivity index (χ1n) is 6.08. The van der Waals surface area contributed by atoms with Gasteiger partial charge < -0.3 is 20.1 Å². The van der Waals surface area contributed by atoms with Crippen LogP contribution in [0.3, 0.4) is 0 Å². The van der Waals surface area contributed by atoms with Crippen LogP contribution in [0.5, 0.6) is 5.75 Å². The van der Waals surface area contributed by atoms with E-state index in [4.69, 9.17) is 21.7 Å². The Morgan fingerprint density at radius 1 is 1.56 bits per heavy atom. The first-order valence-corrected chi connectivity index (χ1v) is 6.49. The first kappa shape index (κ1) is 13.1. The fraction of sp³-hybridized carbons (Fsp3) is 0.462. The van der Waals surface area contributed by atoms with Crippen LogP contribution in [0.15, 0.2) is 24.3 Å². The lowest BCUT2D eigenvalue weighted by Crippen LogP contribution is -2.34. The number of methoxy groups -OCH3 is 1. The van der Waals surface area contributed by atoms with Crippen LogP contribution < -0.4 is 15.4 Å². The molecule has 4 nitrogen and oxygen atoms in total. The number of hydrogen-bond donors (Lipinski definition) is 2. The lowest BCUT2D eigenvalue weighted by Gasteiger charge is -2.14. The molecule has 2 rings (SSSR count). The van der Waals surface area contributed by atoms with E-state index in [0.717, 1.165) is 37.4 Å². The third-order valence-corrected chi connectivity index (χ3v) is 3.09. The molecule has 1 fully saturated rings. The number of anilines is 1. The molecule has 0 bridgehead atoms. The standard InChI is InChI=1S/C13H18N2O2S/c1-16-11-5-2-4-10(8-11)15-13(18)14-9-12-6-3-7-17-12/h2,4-5,8,12H,3,6-7,9H2,1H3,(H2,14,15,18)/t12-/m0/s1. The zero-order valence-electron chi connectivity index (χ0n) is 10.4. The maximum Gasteiger partial charge on any atom is 0.170 e. The molecule has 0 saturated carbocycles. The Labute approximate surface area is 113 Å². The smallest absolute Gasteiger partial charge is 0.170 e. The van der Waals surface area contributed by atoms with Crippen molar-refractivity contribution in [3.63, 3.8) is 0 Å². The summed E-state index contributed by atoms with van der Waals surface area (Å²) in [6.07, 6.45) is 2.53. The van der Waals surface area contributed by atoms with E-state index in [1.165, 1.54) is 0 Å². The fourth-order valence-corrected chi connectivity index (χ4v) is 2.09. The SMILES string of the molecule is COc1cccc(NC(=S)NC[C@@H]2CCCO2)c1. The molecule has 1 aromatic carbocycles. The average Bonchev–Trinajstić information content (AvgIpc) is 2.90. The predicted molar refractivity (Wildman–Crippen MR) is 76.2 cm³/mol. The van der Waals surface area contributed by atoms with Crippen LogP contribution in [0, 0.1) is 0 Å². The molecule has 2 N–H and O–H groups in total. The minimum atomic E-state index is 0.287. The Kier molecular flexibility index (Phi) is 4.78. The Bertz CT molecular complexity index is 406. The molecular weight excluding hydrogens is 248 g/mol. The van der Waals surface area contributed by atoms with E-state index in [1.807, 2.05) is 24.3 Å². The van der Waals surface area contributed by atoms with E-state index in [2.05, 4.69) is 10.6 Å². The Morgan fingerprint density at radius 2 is 2.44 bits per heavy atom. The van der Waals surface area contributed by atoms with E-state index >= 15 is 0 Å². The lowest BCUT2D eigenvalue weighted by atomic mass is 10.2. The number of benzene rings is 1. The number of rotatable bonds is 4. The van der Waals surface area contributed by atoms with Gasteiger partial charge in [-0.15, -0.1) is 0 Å². The van der Waals surface area contributed by atoms with E-state index in [0.29, 0.717) is 5.11 Å². The summed E-state index contributed by atoms with van der Waals surface area (Å²) < 4.78 is 10.7. The molecule has 1 heterocycles. The third-order valence-electron chi connectivity index (χ3n) is 2.84. The average molecular weight is 266 g/mol. The highest BCUT2D eigenvalue weighted by molar-refractivity contribution is 7.80. The topological polar surface area (TPSA) is 42.5 Å². The second-order valence-corrected chi connectivity index (χ2v) is 4.61. The summed E-state index contributed by atoms with van der Waals surface area (Å²) >= 11 is 5.23. The van der Waals surface area contributed by atoms with Gasteiger partial charge in [-0.05, 0) is 37.2 Å². The molecule has 98 valence electrons. The van der Waals surface area contributed by atoms with Crippen LogP contribution in [-0.2, 0) is 4.74 Å². The summed E-state index contributed by atoms with van der Waals surface area (Å²) in [7, 11) is 1.65. The third kappa shape index (κ3) is 3.85. The largest absolute Gasteiger partial charge is 0.497 e. The second-order valence-electron chi connectivity index (χ2n) is 4.20. The zero-order valence-corrected chi connectivity index (χ0v) is 11.3. The van der Waals surface area contributed by atoms with Crippen LogP contribution in [0.25, 0.3) is 0 Å². The van der Waals surface area contributed by atoms with Gasteiger partial charge in [0.1, 0.15) is 5.75 Å². The van der Waals surface area contributed by atoms with Crippen molar-refractivity contribution in [3.05, 3.63) is 24.3 Å². The molecule has 1 atom stereocenters. The Balaban J connectivity index is 1.78. The fourth-order valence-electron chi connectivity index (χ4n) is 1.89. The van der Waals surface area contributed by atoms with E-state index < -0.39 is 0 Å². The quantitative estimate of drug-likeness (QED) is 0.818. The van der Waals surface area contributed by atoms with Crippen molar-refractivity contribution in [1.29, 1.82) is 0 Å². The highest BCUT2D eigenvalue weighted by atomic mass is 32.1. The first-order chi connectivity index (χ1) is 8.78. The van der Waals surface area contributed by atoms with Crippen molar-refractivity contribution < 1.29 is 9.47 Å². The van der Waals surface area contributed by atoms with Gasteiger partial charge in [-0.25, -0.2) is 0 Å². The van der Waals surface area contributed by atoms with Crippen molar-refractivity contribution in [2.75, 3.05) is 25.6 Å². The minimum Gasteiger partial charge on any atom is -0.497 e. The van der Waals surface area contributed by atoms with Gasteiger partial charge in [-0.3, -0.25) is 0 Å². The molecule has 5 heteroatoms. The molecule has 1 aromatic rings. The molecule has 18 heavy (non-hydrogen) atoms. The van der Waals surface area contributed by atoms with Gasteiger partial charge in [-0.1, -0.05) is 6.07 Å². The van der Waals surface area contributed by atoms with Gasteiger partial charge in [0.25, 0.3) is 0 Å². The molecule has 0 spiro atoms. The van der Waals surface area contributed by atoms with E-state index in [9.17, 15) is 0 Å². The number of ether oxygens (including phenoxy) is 2. The normalized spacial score (nSPS) is 18.4. The summed E-state index contributed by atoms with van der Waals surface area (Å²) in [6, 6.07) is 7.67. The van der Waals surface area contributed by atoms with Gasteiger partial charge in [0.2, 0.25) is 0 Å². The van der Waals surface area contributed by atoms with Crippen LogP contribution in [-0.4, -0.2) is 31.5 Å². The molecule has 1 aliphatic heterocycles. The number of thiocarbonyl (C=S) groups is 1. The second kappa shape index (κ2) is 6.56. The molecule has 0 aromatic heterocycles. The van der Waals surface area contributed by atoms with Gasteiger partial charge >= 0.3 is 0 Å². The van der Waals surface area contributed by atoms with Crippen LogP contribution in [0.2, 0.25) is 0 Å². The highest BCUT2D eigenvalue weighted by Gasteiger charge is 2.15. The molecule has 1 saturated heterocycles. The summed E-state index contributed by atoms with van der Waals surface area (Å²) in [6.45, 7) is 1.62. The predicted octanol–water partition coefficient (Wildman–Crippen LogP) is 2.16. The lowest BCUT2D eigenvalue weighted by molar-refractivity contribution is 0.114. The van der Waals surface area contributed by atoms with E-state index in [-0.39, 0.29) is 6.10 Å². The molecular formula is C13H18N2O2S. The minimum absolute atomic E-state index is 0.287. The van der Waals surface area contributed by atoms with Crippen molar-refractivity contribution >= 4 is 23.0 Å². The van der Waals surface area contributed by atoms with Crippen LogP contribution >= 0.6 is 12.2 Å². The van der Waals surface area contributed by atoms with Gasteiger partial charge in [0.15, 0.2) is 5.11 Å². The summed E-state index contributed by atoms with van der Waals surface area (Å²) in [5.41, 5.74) is 0.916. The highest BCUT2D eigenvalue weighted by Crippen LogP contribution is 2.16. The maximum atomic E-state index is 5.52. The summed E-state index contributed by atoms with van der Waals surface area (Å²) in [4.78, 5) is 0. The van der Waals surface area contributed by atoms with Gasteiger partial charge in [0.05, 0.1) is 13.2 Å². The monoisotopic (exact) mass is 266 g/mol. The van der Waals surface area contributed by atoms with Gasteiger partial charge in [-0.2, -0.15) is 0 Å². The number of hydrogen-bond acceptors (Lipinski definition) is 3. The van der Waals surface area contributed by atoms with Crippen molar-refractivity contribution in [2.45, 2.75) is 18.9 Å². The van der Waals surface area contributed by atoms with E-state index in [1.54, 1.807) is 7.11 Å². The van der Waals surface area contributed by atoms with Crippen LogP contribution in [0.4, 0.5) is 5.69 Å². The van der Waals surface area contributed by atoms with Crippen LogP contribution in [0.1, 0.15) is 12.8 Å². The molecule has 1 aliphatic rings. The van der Waals surface area contributed by atoms with Crippen molar-refractivity contribution in [2.24, 2.45) is 0 Å². The molecule has 0 unspecified atom stereocenters. The molecule has 0 aliphatic carbocycles. The van der Waals surface area contributed by atoms with Crippen molar-refractivity contribution in [1.82, 2.24) is 5.32 Å². The summed E-state index contributed by atoms with van der Waals surface area (Å²) in [5, 5.41) is 6.90. The summed E-state index contributed by atoms with van der Waals surface area (Å²) in [5.74, 6) is 0.807. The molecule has 0 amide bonds. The van der Waals surface area contributed by atoms with Crippen molar-refractivity contribution in [3.8, 4) is 5.75 Å². The van der Waals surface area contributed by atoms with Gasteiger partial charge in [0, 0.05) is 24.9 Å². The molecule has 0 radical (unpaired) electrons. The Morgan fingerprint density at radius 3 is 3.17 bits per heavy atom. The maximum absolute atomic E-state index is 5.52. The Hall–Kier alpha value is -1.33.